The minimum absolute atomic E-state index is 0.00769. The number of methoxy groups -OCH3 is 1. The lowest BCUT2D eigenvalue weighted by Crippen LogP contribution is -2.55. The minimum atomic E-state index is -4.54. The number of amidine groups is 1. The number of piperazine rings is 1. The average Bonchev–Trinajstić information content (AvgIpc) is 3.03. The van der Waals surface area contributed by atoms with E-state index in [9.17, 15) is 22.4 Å². The Morgan fingerprint density at radius 1 is 1.05 bits per heavy atom. The Labute approximate surface area is 210 Å². The number of rotatable bonds is 2. The topological polar surface area (TPSA) is 54.4 Å². The summed E-state index contributed by atoms with van der Waals surface area (Å²) in [5.41, 5.74) is -0.260. The highest BCUT2D eigenvalue weighted by Gasteiger charge is 2.35. The van der Waals surface area contributed by atoms with Crippen molar-refractivity contribution in [3.63, 3.8) is 0 Å². The summed E-state index contributed by atoms with van der Waals surface area (Å²) in [4.78, 5) is 21.2. The van der Waals surface area contributed by atoms with Crippen molar-refractivity contribution in [1.29, 1.82) is 0 Å². The number of benzene rings is 3. The van der Waals surface area contributed by atoms with Gasteiger partial charge in [0, 0.05) is 25.7 Å². The SMILES string of the molecule is COc1ccc2c(c1)C(N1CCN(C(=O)c3ccccc3F)C(C)C1)=Nc1cc(C(F)(F)F)ccc1O2. The van der Waals surface area contributed by atoms with Crippen LogP contribution in [0, 0.1) is 5.82 Å². The molecule has 1 fully saturated rings. The second kappa shape index (κ2) is 9.42. The molecule has 3 aromatic rings. The van der Waals surface area contributed by atoms with E-state index in [-0.39, 0.29) is 29.6 Å². The van der Waals surface area contributed by atoms with Gasteiger partial charge < -0.3 is 19.3 Å². The fourth-order valence-corrected chi connectivity index (χ4v) is 4.54. The van der Waals surface area contributed by atoms with Crippen LogP contribution in [-0.4, -0.2) is 54.3 Å². The molecule has 1 saturated heterocycles. The maximum absolute atomic E-state index is 14.2. The van der Waals surface area contributed by atoms with Crippen molar-refractivity contribution in [2.75, 3.05) is 26.7 Å². The minimum Gasteiger partial charge on any atom is -0.497 e. The second-order valence-corrected chi connectivity index (χ2v) is 8.85. The van der Waals surface area contributed by atoms with Crippen LogP contribution in [-0.2, 0) is 6.18 Å². The smallest absolute Gasteiger partial charge is 0.416 e. The molecule has 0 aliphatic carbocycles. The molecular formula is C27H23F4N3O3. The molecule has 2 aliphatic rings. The van der Waals surface area contributed by atoms with Crippen molar-refractivity contribution < 1.29 is 31.8 Å². The number of hydrogen-bond acceptors (Lipinski definition) is 5. The van der Waals surface area contributed by atoms with Gasteiger partial charge in [-0.1, -0.05) is 12.1 Å². The lowest BCUT2D eigenvalue weighted by molar-refractivity contribution is -0.137. The van der Waals surface area contributed by atoms with Crippen molar-refractivity contribution in [3.8, 4) is 17.2 Å². The number of carbonyl (C=O) groups is 1. The van der Waals surface area contributed by atoms with Crippen LogP contribution in [0.1, 0.15) is 28.4 Å². The zero-order valence-electron chi connectivity index (χ0n) is 20.1. The van der Waals surface area contributed by atoms with Gasteiger partial charge in [0.25, 0.3) is 5.91 Å². The van der Waals surface area contributed by atoms with E-state index in [4.69, 9.17) is 9.47 Å². The largest absolute Gasteiger partial charge is 0.497 e. The first-order chi connectivity index (χ1) is 17.7. The monoisotopic (exact) mass is 513 g/mol. The van der Waals surface area contributed by atoms with Crippen molar-refractivity contribution in [2.45, 2.75) is 19.1 Å². The Morgan fingerprint density at radius 2 is 1.81 bits per heavy atom. The number of alkyl halides is 3. The van der Waals surface area contributed by atoms with E-state index < -0.39 is 23.5 Å². The summed E-state index contributed by atoms with van der Waals surface area (Å²) in [5.74, 6) is 0.519. The summed E-state index contributed by atoms with van der Waals surface area (Å²) in [6, 6.07) is 13.7. The zero-order valence-corrected chi connectivity index (χ0v) is 20.1. The second-order valence-electron chi connectivity index (χ2n) is 8.85. The summed E-state index contributed by atoms with van der Waals surface area (Å²) in [7, 11) is 1.51. The number of ether oxygens (including phenoxy) is 2. The number of amides is 1. The summed E-state index contributed by atoms with van der Waals surface area (Å²) < 4.78 is 65.9. The highest BCUT2D eigenvalue weighted by molar-refractivity contribution is 6.04. The number of hydrogen-bond donors (Lipinski definition) is 0. The van der Waals surface area contributed by atoms with Crippen LogP contribution in [0.2, 0.25) is 0 Å². The van der Waals surface area contributed by atoms with E-state index in [2.05, 4.69) is 4.99 Å². The fraction of sp³-hybridized carbons (Fsp3) is 0.259. The summed E-state index contributed by atoms with van der Waals surface area (Å²) >= 11 is 0. The van der Waals surface area contributed by atoms with E-state index in [1.807, 2.05) is 11.8 Å². The third-order valence-electron chi connectivity index (χ3n) is 6.45. The lowest BCUT2D eigenvalue weighted by atomic mass is 10.1. The van der Waals surface area contributed by atoms with Gasteiger partial charge in [0.1, 0.15) is 28.8 Å². The normalized spacial score (nSPS) is 17.2. The molecule has 0 radical (unpaired) electrons. The molecule has 0 bridgehead atoms. The van der Waals surface area contributed by atoms with E-state index in [1.54, 1.807) is 29.2 Å². The first-order valence-corrected chi connectivity index (χ1v) is 11.6. The average molecular weight is 513 g/mol. The summed E-state index contributed by atoms with van der Waals surface area (Å²) in [6.45, 7) is 2.75. The van der Waals surface area contributed by atoms with E-state index in [0.29, 0.717) is 36.0 Å². The third kappa shape index (κ3) is 4.71. The van der Waals surface area contributed by atoms with Crippen LogP contribution < -0.4 is 9.47 Å². The van der Waals surface area contributed by atoms with Gasteiger partial charge in [0.05, 0.1) is 23.8 Å². The molecule has 1 amide bonds. The molecule has 2 heterocycles. The Kier molecular flexibility index (Phi) is 6.26. The van der Waals surface area contributed by atoms with Gasteiger partial charge in [-0.2, -0.15) is 13.2 Å². The predicted molar refractivity (Wildman–Crippen MR) is 129 cm³/mol. The lowest BCUT2D eigenvalue weighted by Gasteiger charge is -2.41. The molecule has 37 heavy (non-hydrogen) atoms. The molecule has 10 heteroatoms. The summed E-state index contributed by atoms with van der Waals surface area (Å²) in [5, 5.41) is 0. The van der Waals surface area contributed by atoms with Crippen molar-refractivity contribution in [1.82, 2.24) is 9.80 Å². The van der Waals surface area contributed by atoms with Crippen LogP contribution in [0.25, 0.3) is 0 Å². The van der Waals surface area contributed by atoms with Crippen molar-refractivity contribution in [3.05, 3.63) is 83.2 Å². The molecule has 1 atom stereocenters. The van der Waals surface area contributed by atoms with Crippen molar-refractivity contribution >= 4 is 17.4 Å². The van der Waals surface area contributed by atoms with E-state index in [0.717, 1.165) is 12.1 Å². The maximum Gasteiger partial charge on any atom is 0.416 e. The molecule has 5 rings (SSSR count). The van der Waals surface area contributed by atoms with Crippen LogP contribution in [0.15, 0.2) is 65.7 Å². The third-order valence-corrected chi connectivity index (χ3v) is 6.45. The van der Waals surface area contributed by atoms with Gasteiger partial charge in [0.15, 0.2) is 5.75 Å². The number of nitrogens with zero attached hydrogens (tertiary/aromatic N) is 3. The highest BCUT2D eigenvalue weighted by Crippen LogP contribution is 2.42. The van der Waals surface area contributed by atoms with Gasteiger partial charge in [0.2, 0.25) is 0 Å². The van der Waals surface area contributed by atoms with Crippen LogP contribution in [0.4, 0.5) is 23.2 Å². The Balaban J connectivity index is 1.52. The molecule has 6 nitrogen and oxygen atoms in total. The van der Waals surface area contributed by atoms with E-state index in [1.165, 1.54) is 31.4 Å². The molecule has 0 spiro atoms. The Morgan fingerprint density at radius 3 is 2.51 bits per heavy atom. The molecule has 3 aromatic carbocycles. The van der Waals surface area contributed by atoms with Crippen LogP contribution in [0.3, 0.4) is 0 Å². The predicted octanol–water partition coefficient (Wildman–Crippen LogP) is 5.88. The number of fused-ring (bicyclic) bond motifs is 2. The van der Waals surface area contributed by atoms with Gasteiger partial charge in [-0.25, -0.2) is 9.38 Å². The highest BCUT2D eigenvalue weighted by atomic mass is 19.4. The zero-order chi connectivity index (χ0) is 26.3. The quantitative estimate of drug-likeness (QED) is 0.402. The standard InChI is InChI=1S/C27H23F4N3O3/c1-16-15-33(11-12-34(16)26(35)19-5-3-4-6-21(19)28)25-20-14-18(36-2)8-10-23(20)37-24-9-7-17(27(29,30)31)13-22(24)32-25/h3-10,13-14,16H,11-12,15H2,1-2H3. The molecule has 0 aromatic heterocycles. The number of carbonyl (C=O) groups excluding carboxylic acids is 1. The van der Waals surface area contributed by atoms with Crippen LogP contribution >= 0.6 is 0 Å². The van der Waals surface area contributed by atoms with Gasteiger partial charge >= 0.3 is 6.18 Å². The van der Waals surface area contributed by atoms with Gasteiger partial charge in [-0.05, 0) is 55.5 Å². The molecular weight excluding hydrogens is 490 g/mol. The Bertz CT molecular complexity index is 1390. The molecule has 0 saturated carbocycles. The first-order valence-electron chi connectivity index (χ1n) is 11.6. The van der Waals surface area contributed by atoms with Gasteiger partial charge in [-0.15, -0.1) is 0 Å². The summed E-state index contributed by atoms with van der Waals surface area (Å²) in [6.07, 6.45) is -4.54. The number of halogens is 4. The van der Waals surface area contributed by atoms with Gasteiger partial charge in [-0.3, -0.25) is 4.79 Å². The number of aliphatic imine (C=N–C) groups is 1. The van der Waals surface area contributed by atoms with E-state index >= 15 is 0 Å². The molecule has 0 N–H and O–H groups in total. The van der Waals surface area contributed by atoms with Crippen LogP contribution in [0.5, 0.6) is 17.2 Å². The molecule has 2 aliphatic heterocycles. The fourth-order valence-electron chi connectivity index (χ4n) is 4.54. The maximum atomic E-state index is 14.2. The Hall–Kier alpha value is -4.08. The first kappa shape index (κ1) is 24.6. The molecule has 1 unspecified atom stereocenters. The van der Waals surface area contributed by atoms with Crippen molar-refractivity contribution in [2.24, 2.45) is 4.99 Å². The molecule has 192 valence electrons.